The van der Waals surface area contributed by atoms with Crippen molar-refractivity contribution < 1.29 is 19.4 Å². The van der Waals surface area contributed by atoms with E-state index in [1.807, 2.05) is 35.8 Å². The highest BCUT2D eigenvalue weighted by Crippen LogP contribution is 2.37. The summed E-state index contributed by atoms with van der Waals surface area (Å²) in [5.41, 5.74) is 2.42. The molecule has 0 saturated carbocycles. The van der Waals surface area contributed by atoms with Gasteiger partial charge in [-0.25, -0.2) is 9.78 Å². The predicted octanol–water partition coefficient (Wildman–Crippen LogP) is 4.61. The highest BCUT2D eigenvalue weighted by Gasteiger charge is 2.30. The fourth-order valence-corrected chi connectivity index (χ4v) is 4.97. The van der Waals surface area contributed by atoms with Crippen LogP contribution >= 0.6 is 23.2 Å². The van der Waals surface area contributed by atoms with Gasteiger partial charge in [0.05, 0.1) is 30.0 Å². The van der Waals surface area contributed by atoms with E-state index in [4.69, 9.17) is 37.8 Å². The molecule has 1 N–H and O–H groups in total. The van der Waals surface area contributed by atoms with Crippen LogP contribution in [-0.4, -0.2) is 71.5 Å². The lowest BCUT2D eigenvalue weighted by Gasteiger charge is -2.43. The van der Waals surface area contributed by atoms with Crippen LogP contribution in [0.1, 0.15) is 34.8 Å². The van der Waals surface area contributed by atoms with E-state index < -0.39 is 5.97 Å². The van der Waals surface area contributed by atoms with Crippen molar-refractivity contribution in [1.29, 1.82) is 0 Å². The van der Waals surface area contributed by atoms with E-state index in [-0.39, 0.29) is 19.3 Å². The van der Waals surface area contributed by atoms with Crippen molar-refractivity contribution in [3.05, 3.63) is 75.8 Å². The number of aliphatic hydroxyl groups excluding tert-OH is 1. The van der Waals surface area contributed by atoms with Crippen molar-refractivity contribution in [1.82, 2.24) is 14.5 Å². The van der Waals surface area contributed by atoms with E-state index in [9.17, 15) is 4.79 Å². The molecule has 1 fully saturated rings. The SMILES string of the molecule is CCOC(=O)c1cn(CCN2CCN(c3ccc(OCCO)cc3Cl)[C@H](c3ccc(Cl)cc3)C2)c(C)n1. The number of aliphatic hydroxyl groups is 1. The fourth-order valence-electron chi connectivity index (χ4n) is 4.56. The summed E-state index contributed by atoms with van der Waals surface area (Å²) in [7, 11) is 0. The van der Waals surface area contributed by atoms with Crippen molar-refractivity contribution in [2.45, 2.75) is 26.4 Å². The lowest BCUT2D eigenvalue weighted by molar-refractivity contribution is 0.0520. The Kier molecular flexibility index (Phi) is 9.32. The van der Waals surface area contributed by atoms with Gasteiger partial charge in [-0.05, 0) is 43.7 Å². The third-order valence-electron chi connectivity index (χ3n) is 6.43. The summed E-state index contributed by atoms with van der Waals surface area (Å²) in [5.74, 6) is 1.01. The van der Waals surface area contributed by atoms with Crippen LogP contribution in [0.4, 0.5) is 5.69 Å². The molecule has 10 heteroatoms. The van der Waals surface area contributed by atoms with E-state index in [2.05, 4.69) is 26.9 Å². The zero-order valence-electron chi connectivity index (χ0n) is 21.1. The average molecular weight is 547 g/mol. The summed E-state index contributed by atoms with van der Waals surface area (Å²) in [6, 6.07) is 13.6. The number of rotatable bonds is 10. The first-order chi connectivity index (χ1) is 17.9. The Labute approximate surface area is 227 Å². The predicted molar refractivity (Wildman–Crippen MR) is 145 cm³/mol. The van der Waals surface area contributed by atoms with Crippen LogP contribution in [0.2, 0.25) is 10.0 Å². The molecule has 0 bridgehead atoms. The Hall–Kier alpha value is -2.78. The molecule has 8 nitrogen and oxygen atoms in total. The Morgan fingerprint density at radius 2 is 1.92 bits per heavy atom. The molecule has 37 heavy (non-hydrogen) atoms. The molecule has 4 rings (SSSR count). The molecule has 1 atom stereocenters. The van der Waals surface area contributed by atoms with Gasteiger partial charge in [-0.3, -0.25) is 4.90 Å². The number of aromatic nitrogens is 2. The topological polar surface area (TPSA) is 80.1 Å². The van der Waals surface area contributed by atoms with Crippen LogP contribution < -0.4 is 9.64 Å². The molecule has 0 radical (unpaired) electrons. The first-order valence-electron chi connectivity index (χ1n) is 12.4. The number of piperazine rings is 1. The number of anilines is 1. The van der Waals surface area contributed by atoms with Gasteiger partial charge in [0, 0.05) is 50.0 Å². The van der Waals surface area contributed by atoms with Gasteiger partial charge >= 0.3 is 5.97 Å². The lowest BCUT2D eigenvalue weighted by atomic mass is 10.0. The standard InChI is InChI=1S/C27H32Cl2N4O4/c1-3-36-27(35)24-17-32(19(2)30-24)12-10-31-11-13-33(26(18-31)20-4-6-21(28)7-5-20)25-9-8-22(16-23(25)29)37-15-14-34/h4-9,16-17,26,34H,3,10-15,18H2,1-2H3/t26-/m0/s1. The van der Waals surface area contributed by atoms with Crippen LogP contribution in [0.5, 0.6) is 5.75 Å². The Balaban J connectivity index is 1.50. The number of imidazole rings is 1. The third-order valence-corrected chi connectivity index (χ3v) is 6.98. The number of carbonyl (C=O) groups is 1. The molecule has 0 amide bonds. The van der Waals surface area contributed by atoms with Crippen molar-refractivity contribution in [3.8, 4) is 5.75 Å². The lowest BCUT2D eigenvalue weighted by Crippen LogP contribution is -2.49. The zero-order valence-corrected chi connectivity index (χ0v) is 22.6. The Bertz CT molecular complexity index is 1200. The molecule has 2 aromatic carbocycles. The van der Waals surface area contributed by atoms with E-state index in [1.54, 1.807) is 19.2 Å². The minimum absolute atomic E-state index is 0.0529. The first-order valence-corrected chi connectivity index (χ1v) is 13.1. The van der Waals surface area contributed by atoms with Crippen LogP contribution in [0, 0.1) is 6.92 Å². The molecule has 1 aliphatic heterocycles. The Morgan fingerprint density at radius 1 is 1.14 bits per heavy atom. The normalized spacial score (nSPS) is 16.1. The molecule has 0 unspecified atom stereocenters. The second kappa shape index (κ2) is 12.6. The molecule has 1 aromatic heterocycles. The molecule has 0 aliphatic carbocycles. The number of esters is 1. The zero-order chi connectivity index (χ0) is 26.4. The Morgan fingerprint density at radius 3 is 2.62 bits per heavy atom. The van der Waals surface area contributed by atoms with Crippen LogP contribution in [-0.2, 0) is 11.3 Å². The van der Waals surface area contributed by atoms with Gasteiger partial charge in [0.2, 0.25) is 0 Å². The number of halogens is 2. The van der Waals surface area contributed by atoms with E-state index in [0.29, 0.717) is 34.6 Å². The van der Waals surface area contributed by atoms with Gasteiger partial charge < -0.3 is 24.0 Å². The summed E-state index contributed by atoms with van der Waals surface area (Å²) < 4.78 is 12.6. The average Bonchev–Trinajstić information content (AvgIpc) is 3.27. The summed E-state index contributed by atoms with van der Waals surface area (Å²) in [6.07, 6.45) is 1.76. The number of hydrogen-bond acceptors (Lipinski definition) is 7. The van der Waals surface area contributed by atoms with Crippen molar-refractivity contribution in [2.24, 2.45) is 0 Å². The minimum atomic E-state index is -0.398. The van der Waals surface area contributed by atoms with Gasteiger partial charge in [0.15, 0.2) is 5.69 Å². The highest BCUT2D eigenvalue weighted by molar-refractivity contribution is 6.33. The molecule has 0 spiro atoms. The number of carbonyl (C=O) groups excluding carboxylic acids is 1. The number of nitrogens with zero attached hydrogens (tertiary/aromatic N) is 4. The van der Waals surface area contributed by atoms with Crippen molar-refractivity contribution in [2.75, 3.05) is 50.9 Å². The maximum Gasteiger partial charge on any atom is 0.358 e. The molecule has 198 valence electrons. The third kappa shape index (κ3) is 6.76. The van der Waals surface area contributed by atoms with Crippen LogP contribution in [0.25, 0.3) is 0 Å². The van der Waals surface area contributed by atoms with E-state index >= 15 is 0 Å². The number of benzene rings is 2. The summed E-state index contributed by atoms with van der Waals surface area (Å²) >= 11 is 12.9. The molecule has 1 saturated heterocycles. The summed E-state index contributed by atoms with van der Waals surface area (Å²) in [5, 5.41) is 10.3. The van der Waals surface area contributed by atoms with Gasteiger partial charge in [-0.2, -0.15) is 0 Å². The first kappa shape index (κ1) is 27.3. The van der Waals surface area contributed by atoms with Crippen molar-refractivity contribution in [3.63, 3.8) is 0 Å². The van der Waals surface area contributed by atoms with E-state index in [1.165, 1.54) is 0 Å². The fraction of sp³-hybridized carbons (Fsp3) is 0.407. The minimum Gasteiger partial charge on any atom is -0.491 e. The quantitative estimate of drug-likeness (QED) is 0.372. The van der Waals surface area contributed by atoms with Crippen molar-refractivity contribution >= 4 is 34.9 Å². The van der Waals surface area contributed by atoms with Gasteiger partial charge in [-0.1, -0.05) is 35.3 Å². The van der Waals surface area contributed by atoms with E-state index in [0.717, 1.165) is 43.3 Å². The molecule has 1 aliphatic rings. The summed E-state index contributed by atoms with van der Waals surface area (Å²) in [4.78, 5) is 21.1. The second-order valence-corrected chi connectivity index (χ2v) is 9.68. The smallest absolute Gasteiger partial charge is 0.358 e. The highest BCUT2D eigenvalue weighted by atomic mass is 35.5. The molecular formula is C27H32Cl2N4O4. The van der Waals surface area contributed by atoms with Crippen LogP contribution in [0.15, 0.2) is 48.7 Å². The number of aryl methyl sites for hydroxylation is 1. The van der Waals surface area contributed by atoms with Gasteiger partial charge in [-0.15, -0.1) is 0 Å². The molecular weight excluding hydrogens is 515 g/mol. The number of ether oxygens (including phenoxy) is 2. The second-order valence-electron chi connectivity index (χ2n) is 8.83. The molecule has 2 heterocycles. The van der Waals surface area contributed by atoms with Gasteiger partial charge in [0.1, 0.15) is 18.2 Å². The summed E-state index contributed by atoms with van der Waals surface area (Å²) in [6.45, 7) is 8.11. The maximum atomic E-state index is 12.1. The monoisotopic (exact) mass is 546 g/mol. The molecule has 3 aromatic rings. The van der Waals surface area contributed by atoms with Gasteiger partial charge in [0.25, 0.3) is 0 Å². The number of hydrogen-bond donors (Lipinski definition) is 1. The largest absolute Gasteiger partial charge is 0.491 e. The maximum absolute atomic E-state index is 12.1. The van der Waals surface area contributed by atoms with Crippen LogP contribution in [0.3, 0.4) is 0 Å².